The Kier molecular flexibility index (Phi) is 5.28. The van der Waals surface area contributed by atoms with Crippen molar-refractivity contribution in [2.24, 2.45) is 0 Å². The summed E-state index contributed by atoms with van der Waals surface area (Å²) in [5, 5.41) is 1.17. The minimum Gasteiger partial charge on any atom is -0.372 e. The zero-order valence-corrected chi connectivity index (χ0v) is 14.6. The Morgan fingerprint density at radius 1 is 1.26 bits per heavy atom. The highest BCUT2D eigenvalue weighted by Gasteiger charge is 2.25. The van der Waals surface area contributed by atoms with E-state index >= 15 is 0 Å². The molecular weight excluding hydrogens is 308 g/mol. The predicted molar refractivity (Wildman–Crippen MR) is 93.8 cm³/mol. The van der Waals surface area contributed by atoms with Gasteiger partial charge in [-0.1, -0.05) is 12.1 Å². The van der Waals surface area contributed by atoms with Crippen LogP contribution < -0.4 is 0 Å². The molecular formula is C18H24N2O2S. The predicted octanol–water partition coefficient (Wildman–Crippen LogP) is 3.64. The van der Waals surface area contributed by atoms with Gasteiger partial charge in [0, 0.05) is 19.5 Å². The largest absolute Gasteiger partial charge is 0.372 e. The second kappa shape index (κ2) is 7.41. The summed E-state index contributed by atoms with van der Waals surface area (Å²) < 4.78 is 6.92. The van der Waals surface area contributed by atoms with E-state index < -0.39 is 0 Å². The average molecular weight is 332 g/mol. The van der Waals surface area contributed by atoms with E-state index in [9.17, 15) is 4.79 Å². The Bertz CT molecular complexity index is 627. The standard InChI is InChI=1S/C18H24N2O2S/c1-13-11-20(12-14(2)22-13)18(21)10-6-5-9-17-19-15-7-3-4-8-16(15)23-17/h3-4,7-8,13-14H,5-6,9-12H2,1-2H3/t13-,14-/m0/s1. The fourth-order valence-corrected chi connectivity index (χ4v) is 4.13. The number of rotatable bonds is 5. The lowest BCUT2D eigenvalue weighted by Gasteiger charge is -2.35. The fraction of sp³-hybridized carbons (Fsp3) is 0.556. The smallest absolute Gasteiger partial charge is 0.222 e. The van der Waals surface area contributed by atoms with E-state index in [0.717, 1.165) is 37.9 Å². The van der Waals surface area contributed by atoms with Gasteiger partial charge < -0.3 is 9.64 Å². The van der Waals surface area contributed by atoms with Gasteiger partial charge in [-0.05, 0) is 45.2 Å². The zero-order chi connectivity index (χ0) is 16.2. The molecule has 0 saturated carbocycles. The van der Waals surface area contributed by atoms with E-state index in [2.05, 4.69) is 17.1 Å². The van der Waals surface area contributed by atoms with Crippen LogP contribution in [0.1, 0.15) is 38.1 Å². The summed E-state index contributed by atoms with van der Waals surface area (Å²) in [5.74, 6) is 0.260. The molecule has 1 aromatic heterocycles. The Balaban J connectivity index is 1.43. The Hall–Kier alpha value is -1.46. The molecule has 0 spiro atoms. The lowest BCUT2D eigenvalue weighted by Crippen LogP contribution is -2.48. The summed E-state index contributed by atoms with van der Waals surface area (Å²) in [6, 6.07) is 8.24. The number of ether oxygens (including phenoxy) is 1. The van der Waals surface area contributed by atoms with Gasteiger partial charge in [0.15, 0.2) is 0 Å². The molecule has 5 heteroatoms. The van der Waals surface area contributed by atoms with Crippen LogP contribution in [-0.2, 0) is 16.0 Å². The topological polar surface area (TPSA) is 42.4 Å². The molecule has 2 heterocycles. The second-order valence-electron chi connectivity index (χ2n) is 6.34. The third kappa shape index (κ3) is 4.30. The number of carbonyl (C=O) groups excluding carboxylic acids is 1. The van der Waals surface area contributed by atoms with Crippen LogP contribution in [0.4, 0.5) is 0 Å². The number of fused-ring (bicyclic) bond motifs is 1. The van der Waals surface area contributed by atoms with E-state index in [-0.39, 0.29) is 18.1 Å². The number of thiazole rings is 1. The highest BCUT2D eigenvalue weighted by atomic mass is 32.1. The van der Waals surface area contributed by atoms with Crippen molar-refractivity contribution >= 4 is 27.5 Å². The maximum Gasteiger partial charge on any atom is 0.222 e. The number of hydrogen-bond donors (Lipinski definition) is 0. The molecule has 3 rings (SSSR count). The first-order chi connectivity index (χ1) is 11.1. The van der Waals surface area contributed by atoms with Crippen molar-refractivity contribution in [1.29, 1.82) is 0 Å². The van der Waals surface area contributed by atoms with Gasteiger partial charge >= 0.3 is 0 Å². The molecule has 23 heavy (non-hydrogen) atoms. The van der Waals surface area contributed by atoms with E-state index in [1.807, 2.05) is 30.9 Å². The summed E-state index contributed by atoms with van der Waals surface area (Å²) in [5.41, 5.74) is 1.08. The molecule has 1 saturated heterocycles. The van der Waals surface area contributed by atoms with Gasteiger partial charge in [0.2, 0.25) is 5.91 Å². The monoisotopic (exact) mass is 332 g/mol. The summed E-state index contributed by atoms with van der Waals surface area (Å²) in [6.45, 7) is 5.51. The maximum atomic E-state index is 12.3. The van der Waals surface area contributed by atoms with Crippen LogP contribution >= 0.6 is 11.3 Å². The van der Waals surface area contributed by atoms with E-state index in [0.29, 0.717) is 6.42 Å². The number of aryl methyl sites for hydroxylation is 1. The second-order valence-corrected chi connectivity index (χ2v) is 7.45. The molecule has 1 fully saturated rings. The number of benzene rings is 1. The van der Waals surface area contributed by atoms with Crippen LogP contribution in [0.5, 0.6) is 0 Å². The number of hydrogen-bond acceptors (Lipinski definition) is 4. The fourth-order valence-electron chi connectivity index (χ4n) is 3.12. The molecule has 0 aliphatic carbocycles. The molecule has 2 atom stereocenters. The Morgan fingerprint density at radius 3 is 2.74 bits per heavy atom. The quantitative estimate of drug-likeness (QED) is 0.785. The molecule has 1 aliphatic heterocycles. The van der Waals surface area contributed by atoms with Crippen molar-refractivity contribution in [3.8, 4) is 0 Å². The molecule has 0 radical (unpaired) electrons. The van der Waals surface area contributed by atoms with Crippen molar-refractivity contribution in [3.63, 3.8) is 0 Å². The number of carbonyl (C=O) groups is 1. The van der Waals surface area contributed by atoms with E-state index in [1.165, 1.54) is 9.71 Å². The first-order valence-corrected chi connectivity index (χ1v) is 9.21. The molecule has 0 bridgehead atoms. The van der Waals surface area contributed by atoms with Gasteiger partial charge in [0.25, 0.3) is 0 Å². The third-order valence-corrected chi connectivity index (χ3v) is 5.24. The van der Waals surface area contributed by atoms with Crippen molar-refractivity contribution < 1.29 is 9.53 Å². The van der Waals surface area contributed by atoms with Crippen molar-refractivity contribution in [1.82, 2.24) is 9.88 Å². The lowest BCUT2D eigenvalue weighted by molar-refractivity contribution is -0.143. The van der Waals surface area contributed by atoms with Gasteiger partial charge in [-0.3, -0.25) is 4.79 Å². The van der Waals surface area contributed by atoms with E-state index in [4.69, 9.17) is 4.74 Å². The molecule has 1 amide bonds. The molecule has 124 valence electrons. The van der Waals surface area contributed by atoms with Crippen LogP contribution in [0.2, 0.25) is 0 Å². The zero-order valence-electron chi connectivity index (χ0n) is 13.8. The SMILES string of the molecule is C[C@H]1CN(C(=O)CCCCc2nc3ccccc3s2)C[C@H](C)O1. The average Bonchev–Trinajstić information content (AvgIpc) is 2.93. The first kappa shape index (κ1) is 16.4. The van der Waals surface area contributed by atoms with Gasteiger partial charge in [-0.25, -0.2) is 4.98 Å². The van der Waals surface area contributed by atoms with Crippen LogP contribution in [0, 0.1) is 0 Å². The van der Waals surface area contributed by atoms with E-state index in [1.54, 1.807) is 11.3 Å². The van der Waals surface area contributed by atoms with Crippen LogP contribution in [-0.4, -0.2) is 41.1 Å². The molecule has 1 aromatic carbocycles. The van der Waals surface area contributed by atoms with Crippen molar-refractivity contribution in [3.05, 3.63) is 29.3 Å². The molecule has 0 N–H and O–H groups in total. The molecule has 2 aromatic rings. The summed E-state index contributed by atoms with van der Waals surface area (Å²) >= 11 is 1.76. The molecule has 0 unspecified atom stereocenters. The van der Waals surface area contributed by atoms with Crippen LogP contribution in [0.15, 0.2) is 24.3 Å². The first-order valence-electron chi connectivity index (χ1n) is 8.39. The summed E-state index contributed by atoms with van der Waals surface area (Å²) in [4.78, 5) is 18.9. The van der Waals surface area contributed by atoms with Gasteiger partial charge in [0.1, 0.15) is 0 Å². The summed E-state index contributed by atoms with van der Waals surface area (Å²) in [7, 11) is 0. The lowest BCUT2D eigenvalue weighted by atomic mass is 10.1. The van der Waals surface area contributed by atoms with Gasteiger partial charge in [0.05, 0.1) is 27.4 Å². The van der Waals surface area contributed by atoms with Crippen molar-refractivity contribution in [2.45, 2.75) is 51.7 Å². The number of nitrogens with zero attached hydrogens (tertiary/aromatic N) is 2. The Morgan fingerprint density at radius 2 is 2.00 bits per heavy atom. The van der Waals surface area contributed by atoms with Crippen LogP contribution in [0.25, 0.3) is 10.2 Å². The highest BCUT2D eigenvalue weighted by molar-refractivity contribution is 7.18. The van der Waals surface area contributed by atoms with Gasteiger partial charge in [-0.2, -0.15) is 0 Å². The number of unbranched alkanes of at least 4 members (excludes halogenated alkanes) is 1. The minimum absolute atomic E-state index is 0.144. The third-order valence-electron chi connectivity index (χ3n) is 4.14. The number of aromatic nitrogens is 1. The summed E-state index contributed by atoms with van der Waals surface area (Å²) in [6.07, 6.45) is 3.82. The molecule has 4 nitrogen and oxygen atoms in total. The van der Waals surface area contributed by atoms with Crippen molar-refractivity contribution in [2.75, 3.05) is 13.1 Å². The maximum absolute atomic E-state index is 12.3. The molecule has 1 aliphatic rings. The Labute approximate surface area is 141 Å². The number of morpholine rings is 1. The minimum atomic E-state index is 0.144. The van der Waals surface area contributed by atoms with Crippen LogP contribution in [0.3, 0.4) is 0 Å². The van der Waals surface area contributed by atoms with Gasteiger partial charge in [-0.15, -0.1) is 11.3 Å². The highest BCUT2D eigenvalue weighted by Crippen LogP contribution is 2.23. The number of para-hydroxylation sites is 1. The number of amides is 1. The normalized spacial score (nSPS) is 21.7.